The van der Waals surface area contributed by atoms with Crippen molar-refractivity contribution < 1.29 is 47.4 Å². The van der Waals surface area contributed by atoms with E-state index in [-0.39, 0.29) is 13.2 Å². The fourth-order valence-corrected chi connectivity index (χ4v) is 10.6. The average molecular weight is 1100 g/mol. The van der Waals surface area contributed by atoms with E-state index < -0.39 is 61.0 Å². The van der Waals surface area contributed by atoms with Gasteiger partial charge in [-0.1, -0.05) is 255 Å². The maximum absolute atomic E-state index is 7.26. The number of hydrogen-bond donors (Lipinski definition) is 0. The van der Waals surface area contributed by atoms with Crippen LogP contribution in [0.3, 0.4) is 0 Å². The molecule has 10 rings (SSSR count). The fourth-order valence-electron chi connectivity index (χ4n) is 10.6. The van der Waals surface area contributed by atoms with Crippen molar-refractivity contribution in [2.75, 3.05) is 13.2 Å². The molecule has 424 valence electrons. The van der Waals surface area contributed by atoms with Gasteiger partial charge in [0.25, 0.3) is 0 Å². The molecular formula is C72H76O10. The standard InChI is InChI=1S/C72H76O10/c1-9-27-55(28-10-1)45-73-53-65-69(77-49-59-35-17-5-18-36-59)71(79-51-61-39-21-7-22-40-61)67(75-47-57-31-13-3-14-32-57)63(81-65)43-25-26-44-64-68(76-48-58-33-15-4-16-34-58)72(80-52-62-41-23-8-24-42-62)70(78-50-60-37-19-6-20-38-60)66(82-64)54-74-46-56-29-11-2-12-30-56/h1-42,63-72H,43-54H2/b26-25+/t63-,64-,65-,66-,67+,68+,69+,70+,71-,72-/m1/s1. The van der Waals surface area contributed by atoms with E-state index in [9.17, 15) is 0 Å². The first kappa shape index (κ1) is 58.3. The Balaban J connectivity index is 0.959. The van der Waals surface area contributed by atoms with E-state index in [0.29, 0.717) is 65.7 Å². The predicted octanol–water partition coefficient (Wildman–Crippen LogP) is 13.8. The molecule has 0 bridgehead atoms. The van der Waals surface area contributed by atoms with Crippen LogP contribution in [0.15, 0.2) is 255 Å². The molecule has 2 heterocycles. The minimum atomic E-state index is -0.551. The van der Waals surface area contributed by atoms with Gasteiger partial charge in [0.2, 0.25) is 0 Å². The largest absolute Gasteiger partial charge is 0.374 e. The lowest BCUT2D eigenvalue weighted by atomic mass is 9.91. The van der Waals surface area contributed by atoms with Gasteiger partial charge in [-0.25, -0.2) is 0 Å². The predicted molar refractivity (Wildman–Crippen MR) is 318 cm³/mol. The highest BCUT2D eigenvalue weighted by atomic mass is 16.6. The van der Waals surface area contributed by atoms with E-state index in [2.05, 4.69) is 109 Å². The van der Waals surface area contributed by atoms with Gasteiger partial charge in [-0.05, 0) is 57.3 Å². The molecule has 0 aliphatic carbocycles. The van der Waals surface area contributed by atoms with Crippen LogP contribution in [0, 0.1) is 0 Å². The highest BCUT2D eigenvalue weighted by molar-refractivity contribution is 5.20. The zero-order valence-corrected chi connectivity index (χ0v) is 46.6. The van der Waals surface area contributed by atoms with E-state index in [1.165, 1.54) is 0 Å². The SMILES string of the molecule is C(=C\C[C@H]1O[C@H](COCc2ccccc2)[C@H](OCc2ccccc2)[C@H](OCc2ccccc2)[C@H]1OCc1ccccc1)/C[C@H]1O[C@H](COCc2ccccc2)[C@H](OCc2ccccc2)[C@H](OCc2ccccc2)[C@H]1OCc1ccccc1. The maximum Gasteiger partial charge on any atom is 0.115 e. The van der Waals surface area contributed by atoms with Crippen molar-refractivity contribution >= 4 is 0 Å². The van der Waals surface area contributed by atoms with Crippen molar-refractivity contribution in [1.82, 2.24) is 0 Å². The number of ether oxygens (including phenoxy) is 10. The zero-order chi connectivity index (χ0) is 55.6. The molecule has 8 aromatic rings. The van der Waals surface area contributed by atoms with Gasteiger partial charge in [0.05, 0.1) is 78.3 Å². The summed E-state index contributed by atoms with van der Waals surface area (Å²) in [6.45, 7) is 3.49. The lowest BCUT2D eigenvalue weighted by Crippen LogP contribution is -2.61. The molecule has 0 radical (unpaired) electrons. The van der Waals surface area contributed by atoms with Crippen molar-refractivity contribution in [2.45, 2.75) is 127 Å². The molecule has 2 saturated heterocycles. The number of hydrogen-bond acceptors (Lipinski definition) is 10. The molecular weight excluding hydrogens is 1020 g/mol. The van der Waals surface area contributed by atoms with E-state index >= 15 is 0 Å². The molecule has 0 amide bonds. The lowest BCUT2D eigenvalue weighted by Gasteiger charge is -2.46. The Hall–Kier alpha value is -6.90. The summed E-state index contributed by atoms with van der Waals surface area (Å²) in [7, 11) is 0. The Labute approximate surface area is 484 Å². The smallest absolute Gasteiger partial charge is 0.115 e. The Morgan fingerprint density at radius 3 is 0.659 bits per heavy atom. The van der Waals surface area contributed by atoms with Gasteiger partial charge in [-0.3, -0.25) is 0 Å². The summed E-state index contributed by atoms with van der Waals surface area (Å²) in [6, 6.07) is 81.8. The summed E-state index contributed by atoms with van der Waals surface area (Å²) in [5.74, 6) is 0. The van der Waals surface area contributed by atoms with Gasteiger partial charge in [0, 0.05) is 0 Å². The van der Waals surface area contributed by atoms with Crippen LogP contribution in [0.4, 0.5) is 0 Å². The topological polar surface area (TPSA) is 92.3 Å². The number of rotatable bonds is 30. The maximum atomic E-state index is 7.26. The van der Waals surface area contributed by atoms with Gasteiger partial charge < -0.3 is 47.4 Å². The van der Waals surface area contributed by atoms with E-state index in [0.717, 1.165) is 44.5 Å². The summed E-state index contributed by atoms with van der Waals surface area (Å²) in [5, 5.41) is 0. The highest BCUT2D eigenvalue weighted by Crippen LogP contribution is 2.35. The molecule has 0 unspecified atom stereocenters. The van der Waals surface area contributed by atoms with Crippen molar-refractivity contribution in [1.29, 1.82) is 0 Å². The summed E-state index contributed by atoms with van der Waals surface area (Å²) in [4.78, 5) is 0. The second kappa shape index (κ2) is 32.1. The van der Waals surface area contributed by atoms with Gasteiger partial charge in [-0.15, -0.1) is 0 Å². The highest BCUT2D eigenvalue weighted by Gasteiger charge is 2.50. The minimum absolute atomic E-state index is 0.271. The molecule has 0 spiro atoms. The molecule has 82 heavy (non-hydrogen) atoms. The Bertz CT molecular complexity index is 2790. The molecule has 2 fully saturated rings. The molecule has 10 heteroatoms. The van der Waals surface area contributed by atoms with Gasteiger partial charge >= 0.3 is 0 Å². The first-order valence-corrected chi connectivity index (χ1v) is 28.8. The van der Waals surface area contributed by atoms with Crippen LogP contribution in [-0.4, -0.2) is 74.3 Å². The molecule has 10 atom stereocenters. The normalized spacial score (nSPS) is 22.7. The first-order valence-electron chi connectivity index (χ1n) is 28.8. The van der Waals surface area contributed by atoms with Crippen molar-refractivity contribution in [3.05, 3.63) is 299 Å². The summed E-state index contributed by atoms with van der Waals surface area (Å²) in [6.07, 6.45) is 0.131. The third kappa shape index (κ3) is 17.8. The Morgan fingerprint density at radius 1 is 0.232 bits per heavy atom. The van der Waals surface area contributed by atoms with Crippen LogP contribution in [0.1, 0.15) is 57.3 Å². The summed E-state index contributed by atoms with van der Waals surface area (Å²) >= 11 is 0. The molecule has 10 nitrogen and oxygen atoms in total. The monoisotopic (exact) mass is 1100 g/mol. The third-order valence-electron chi connectivity index (χ3n) is 14.9. The molecule has 2 aliphatic heterocycles. The van der Waals surface area contributed by atoms with Crippen LogP contribution in [0.25, 0.3) is 0 Å². The quantitative estimate of drug-likeness (QED) is 0.0405. The second-order valence-corrected chi connectivity index (χ2v) is 20.9. The van der Waals surface area contributed by atoms with Crippen molar-refractivity contribution in [3.8, 4) is 0 Å². The molecule has 0 saturated carbocycles. The Morgan fingerprint density at radius 2 is 0.427 bits per heavy atom. The zero-order valence-electron chi connectivity index (χ0n) is 46.6. The summed E-state index contributed by atoms with van der Waals surface area (Å²) in [5.41, 5.74) is 8.41. The molecule has 0 N–H and O–H groups in total. The van der Waals surface area contributed by atoms with Crippen molar-refractivity contribution in [3.63, 3.8) is 0 Å². The van der Waals surface area contributed by atoms with E-state index in [1.54, 1.807) is 0 Å². The lowest BCUT2D eigenvalue weighted by molar-refractivity contribution is -0.272. The van der Waals surface area contributed by atoms with E-state index in [4.69, 9.17) is 47.4 Å². The third-order valence-corrected chi connectivity index (χ3v) is 14.9. The molecule has 0 aromatic heterocycles. The van der Waals surface area contributed by atoms with Crippen LogP contribution < -0.4 is 0 Å². The van der Waals surface area contributed by atoms with Crippen LogP contribution >= 0.6 is 0 Å². The molecule has 8 aromatic carbocycles. The number of benzene rings is 8. The van der Waals surface area contributed by atoms with Crippen LogP contribution in [0.2, 0.25) is 0 Å². The van der Waals surface area contributed by atoms with Gasteiger partial charge in [-0.2, -0.15) is 0 Å². The van der Waals surface area contributed by atoms with Crippen LogP contribution in [0.5, 0.6) is 0 Å². The second-order valence-electron chi connectivity index (χ2n) is 20.9. The van der Waals surface area contributed by atoms with Gasteiger partial charge in [0.1, 0.15) is 48.8 Å². The minimum Gasteiger partial charge on any atom is -0.374 e. The van der Waals surface area contributed by atoms with Gasteiger partial charge in [0.15, 0.2) is 0 Å². The average Bonchev–Trinajstić information content (AvgIpc) is 3.69. The Kier molecular flexibility index (Phi) is 22.8. The first-order chi connectivity index (χ1) is 40.7. The van der Waals surface area contributed by atoms with Crippen molar-refractivity contribution in [2.24, 2.45) is 0 Å². The van der Waals surface area contributed by atoms with Crippen LogP contribution in [-0.2, 0) is 100 Å². The fraction of sp³-hybridized carbons (Fsp3) is 0.306. The van der Waals surface area contributed by atoms with E-state index in [1.807, 2.05) is 146 Å². The molecule has 2 aliphatic rings. The summed E-state index contributed by atoms with van der Waals surface area (Å²) < 4.78 is 69.8.